The van der Waals surface area contributed by atoms with E-state index in [0.717, 1.165) is 24.3 Å². The van der Waals surface area contributed by atoms with E-state index in [4.69, 9.17) is 4.74 Å². The number of likely N-dealkylation sites (tertiary alicyclic amines) is 1. The average molecular weight is 267 g/mol. The summed E-state index contributed by atoms with van der Waals surface area (Å²) in [6, 6.07) is 0. The predicted octanol–water partition coefficient (Wildman–Crippen LogP) is 2.11. The highest BCUT2D eigenvalue weighted by Gasteiger charge is 2.35. The summed E-state index contributed by atoms with van der Waals surface area (Å²) in [6.45, 7) is 7.34. The number of ether oxygens (including phenoxy) is 1. The van der Waals surface area contributed by atoms with Crippen molar-refractivity contribution in [2.45, 2.75) is 45.1 Å². The van der Waals surface area contributed by atoms with E-state index in [1.54, 1.807) is 7.11 Å². The Morgan fingerprint density at radius 1 is 1.26 bits per heavy atom. The third kappa shape index (κ3) is 3.62. The number of rotatable bonds is 3. The molecule has 1 aliphatic heterocycles. The van der Waals surface area contributed by atoms with Gasteiger partial charge in [-0.2, -0.15) is 0 Å². The highest BCUT2D eigenvalue weighted by atomic mass is 16.5. The molecule has 2 atom stereocenters. The van der Waals surface area contributed by atoms with Crippen molar-refractivity contribution in [3.05, 3.63) is 0 Å². The number of guanidine groups is 1. The molecule has 0 radical (unpaired) electrons. The highest BCUT2D eigenvalue weighted by Crippen LogP contribution is 2.35. The summed E-state index contributed by atoms with van der Waals surface area (Å²) < 4.78 is 5.45. The summed E-state index contributed by atoms with van der Waals surface area (Å²) in [6.07, 6.45) is 5.64. The normalized spacial score (nSPS) is 28.4. The zero-order chi connectivity index (χ0) is 13.9. The van der Waals surface area contributed by atoms with Gasteiger partial charge < -0.3 is 15.0 Å². The van der Waals surface area contributed by atoms with Gasteiger partial charge in [-0.15, -0.1) is 0 Å². The first-order chi connectivity index (χ1) is 9.05. The Bertz CT molecular complexity index is 313. The molecule has 4 heteroatoms. The number of nitrogens with one attached hydrogen (secondary N) is 1. The minimum Gasteiger partial charge on any atom is -0.377 e. The summed E-state index contributed by atoms with van der Waals surface area (Å²) in [5, 5.41) is 3.46. The van der Waals surface area contributed by atoms with Crippen LogP contribution < -0.4 is 5.32 Å². The second kappa shape index (κ2) is 6.12. The summed E-state index contributed by atoms with van der Waals surface area (Å²) in [7, 11) is 3.64. The van der Waals surface area contributed by atoms with Gasteiger partial charge in [-0.05, 0) is 38.5 Å². The molecule has 2 rings (SSSR count). The first kappa shape index (κ1) is 14.6. The molecule has 0 bridgehead atoms. The molecule has 1 heterocycles. The molecule has 0 aromatic carbocycles. The summed E-state index contributed by atoms with van der Waals surface area (Å²) in [4.78, 5) is 6.88. The molecule has 1 N–H and O–H groups in total. The van der Waals surface area contributed by atoms with Gasteiger partial charge in [-0.3, -0.25) is 4.99 Å². The Hall–Kier alpha value is -0.770. The maximum absolute atomic E-state index is 5.45. The first-order valence-electron chi connectivity index (χ1n) is 7.56. The van der Waals surface area contributed by atoms with Crippen LogP contribution >= 0.6 is 0 Å². The molecule has 2 unspecified atom stereocenters. The number of aliphatic imine (C=N–C) groups is 1. The maximum Gasteiger partial charge on any atom is 0.193 e. The van der Waals surface area contributed by atoms with E-state index >= 15 is 0 Å². The van der Waals surface area contributed by atoms with E-state index in [2.05, 4.69) is 29.1 Å². The van der Waals surface area contributed by atoms with Crippen molar-refractivity contribution < 1.29 is 4.74 Å². The Morgan fingerprint density at radius 2 is 1.84 bits per heavy atom. The molecule has 1 saturated carbocycles. The van der Waals surface area contributed by atoms with Crippen LogP contribution in [0.3, 0.4) is 0 Å². The lowest BCUT2D eigenvalue weighted by molar-refractivity contribution is 0.0264. The Balaban J connectivity index is 1.89. The van der Waals surface area contributed by atoms with Crippen LogP contribution in [0.5, 0.6) is 0 Å². The van der Waals surface area contributed by atoms with Gasteiger partial charge >= 0.3 is 0 Å². The fraction of sp³-hybridized carbons (Fsp3) is 0.933. The molecular formula is C15H29N3O. The zero-order valence-electron chi connectivity index (χ0n) is 12.9. The minimum atomic E-state index is -0.150. The second-order valence-corrected chi connectivity index (χ2v) is 6.57. The van der Waals surface area contributed by atoms with Gasteiger partial charge in [0, 0.05) is 33.8 Å². The largest absolute Gasteiger partial charge is 0.377 e. The van der Waals surface area contributed by atoms with Crippen molar-refractivity contribution in [2.24, 2.45) is 16.8 Å². The van der Waals surface area contributed by atoms with Gasteiger partial charge in [-0.1, -0.05) is 12.8 Å². The summed E-state index contributed by atoms with van der Waals surface area (Å²) in [5.41, 5.74) is -0.150. The smallest absolute Gasteiger partial charge is 0.193 e. The molecule has 0 aromatic rings. The fourth-order valence-electron chi connectivity index (χ4n) is 3.28. The molecule has 2 fully saturated rings. The van der Waals surface area contributed by atoms with E-state index in [1.807, 2.05) is 7.05 Å². The van der Waals surface area contributed by atoms with Gasteiger partial charge in [0.1, 0.15) is 0 Å². The number of nitrogens with zero attached hydrogens (tertiary/aromatic N) is 2. The van der Waals surface area contributed by atoms with Gasteiger partial charge in [0.25, 0.3) is 0 Å². The SMILES string of the molecule is CN=C(NCC(C)(C)OC)N1CC2CCCCC2C1. The Morgan fingerprint density at radius 3 is 2.32 bits per heavy atom. The van der Waals surface area contributed by atoms with Crippen molar-refractivity contribution in [1.82, 2.24) is 10.2 Å². The fourth-order valence-corrected chi connectivity index (χ4v) is 3.28. The van der Waals surface area contributed by atoms with E-state index in [0.29, 0.717) is 0 Å². The van der Waals surface area contributed by atoms with Crippen LogP contribution in [0.4, 0.5) is 0 Å². The van der Waals surface area contributed by atoms with Gasteiger partial charge in [-0.25, -0.2) is 0 Å². The molecule has 1 saturated heterocycles. The van der Waals surface area contributed by atoms with Crippen LogP contribution in [0, 0.1) is 11.8 Å². The lowest BCUT2D eigenvalue weighted by Gasteiger charge is -2.27. The third-order valence-electron chi connectivity index (χ3n) is 4.71. The Labute approximate surface area is 117 Å². The maximum atomic E-state index is 5.45. The van der Waals surface area contributed by atoms with E-state index in [-0.39, 0.29) is 5.60 Å². The summed E-state index contributed by atoms with van der Waals surface area (Å²) in [5.74, 6) is 2.82. The van der Waals surface area contributed by atoms with Crippen LogP contribution in [0.1, 0.15) is 39.5 Å². The average Bonchev–Trinajstić information content (AvgIpc) is 2.83. The molecule has 0 amide bonds. The van der Waals surface area contributed by atoms with Crippen LogP contribution in [-0.2, 0) is 4.74 Å². The lowest BCUT2D eigenvalue weighted by atomic mass is 9.82. The van der Waals surface area contributed by atoms with Crippen molar-refractivity contribution in [3.63, 3.8) is 0 Å². The highest BCUT2D eigenvalue weighted by molar-refractivity contribution is 5.80. The van der Waals surface area contributed by atoms with Gasteiger partial charge in [0.2, 0.25) is 0 Å². The molecule has 4 nitrogen and oxygen atoms in total. The van der Waals surface area contributed by atoms with Crippen LogP contribution in [0.2, 0.25) is 0 Å². The van der Waals surface area contributed by atoms with Crippen molar-refractivity contribution in [3.8, 4) is 0 Å². The Kier molecular flexibility index (Phi) is 4.71. The number of fused-ring (bicyclic) bond motifs is 1. The minimum absolute atomic E-state index is 0.150. The van der Waals surface area contributed by atoms with Crippen molar-refractivity contribution >= 4 is 5.96 Å². The van der Waals surface area contributed by atoms with Crippen molar-refractivity contribution in [2.75, 3.05) is 33.8 Å². The molecule has 19 heavy (non-hydrogen) atoms. The zero-order valence-corrected chi connectivity index (χ0v) is 12.9. The predicted molar refractivity (Wildman–Crippen MR) is 79.5 cm³/mol. The number of hydrogen-bond donors (Lipinski definition) is 1. The van der Waals surface area contributed by atoms with E-state index < -0.39 is 0 Å². The van der Waals surface area contributed by atoms with Crippen LogP contribution in [0.25, 0.3) is 0 Å². The quantitative estimate of drug-likeness (QED) is 0.628. The number of hydrogen-bond acceptors (Lipinski definition) is 2. The van der Waals surface area contributed by atoms with E-state index in [1.165, 1.54) is 38.8 Å². The molecule has 0 aromatic heterocycles. The summed E-state index contributed by atoms with van der Waals surface area (Å²) >= 11 is 0. The molecule has 0 spiro atoms. The number of methoxy groups -OCH3 is 1. The second-order valence-electron chi connectivity index (χ2n) is 6.57. The molecule has 2 aliphatic rings. The molecule has 110 valence electrons. The van der Waals surface area contributed by atoms with E-state index in [9.17, 15) is 0 Å². The van der Waals surface area contributed by atoms with Gasteiger partial charge in [0.15, 0.2) is 5.96 Å². The third-order valence-corrected chi connectivity index (χ3v) is 4.71. The topological polar surface area (TPSA) is 36.9 Å². The standard InChI is InChI=1S/C15H29N3O/c1-15(2,19-4)11-17-14(16-3)18-9-12-7-5-6-8-13(12)10-18/h12-13H,5-11H2,1-4H3,(H,16,17). The first-order valence-corrected chi connectivity index (χ1v) is 7.56. The monoisotopic (exact) mass is 267 g/mol. The van der Waals surface area contributed by atoms with Crippen LogP contribution in [0.15, 0.2) is 4.99 Å². The molecular weight excluding hydrogens is 238 g/mol. The van der Waals surface area contributed by atoms with Gasteiger partial charge in [0.05, 0.1) is 5.60 Å². The molecule has 1 aliphatic carbocycles. The van der Waals surface area contributed by atoms with Crippen molar-refractivity contribution in [1.29, 1.82) is 0 Å². The lowest BCUT2D eigenvalue weighted by Crippen LogP contribution is -2.46. The van der Waals surface area contributed by atoms with Crippen LogP contribution in [-0.4, -0.2) is 50.3 Å².